The minimum atomic E-state index is -0.109. The van der Waals surface area contributed by atoms with E-state index in [0.29, 0.717) is 0 Å². The standard InChI is InChI=1S/C17H21N3OS/c1-19(2)14-8-6-13(7-9-14)12-15-16(21)18-17(22-15)20-10-4-3-5-11-20/h6-9,12H,3-5,10-11H2,1-2H3/b15-12+. The van der Waals surface area contributed by atoms with Gasteiger partial charge in [-0.3, -0.25) is 4.79 Å². The molecule has 0 aromatic heterocycles. The number of benzene rings is 1. The number of carbonyl (C=O) groups is 1. The second kappa shape index (κ2) is 6.57. The molecule has 2 aliphatic rings. The SMILES string of the molecule is CN(C)c1ccc(/C=C2/SC(N3CCCCC3)=NC2=O)cc1. The van der Waals surface area contributed by atoms with Crippen LogP contribution >= 0.6 is 11.8 Å². The summed E-state index contributed by atoms with van der Waals surface area (Å²) in [7, 11) is 4.03. The van der Waals surface area contributed by atoms with E-state index in [0.717, 1.165) is 34.4 Å². The fraction of sp³-hybridized carbons (Fsp3) is 0.412. The summed E-state index contributed by atoms with van der Waals surface area (Å²) in [4.78, 5) is 21.3. The van der Waals surface area contributed by atoms with Crippen molar-refractivity contribution in [1.82, 2.24) is 4.90 Å². The van der Waals surface area contributed by atoms with Crippen LogP contribution in [-0.4, -0.2) is 43.2 Å². The highest BCUT2D eigenvalue weighted by molar-refractivity contribution is 8.18. The van der Waals surface area contributed by atoms with E-state index in [2.05, 4.69) is 26.9 Å². The summed E-state index contributed by atoms with van der Waals surface area (Å²) in [6.45, 7) is 2.04. The molecule has 4 nitrogen and oxygen atoms in total. The van der Waals surface area contributed by atoms with Gasteiger partial charge in [0.1, 0.15) is 0 Å². The predicted molar refractivity (Wildman–Crippen MR) is 94.2 cm³/mol. The number of aliphatic imine (C=N–C) groups is 1. The van der Waals surface area contributed by atoms with Crippen LogP contribution in [0.15, 0.2) is 34.2 Å². The molecular weight excluding hydrogens is 294 g/mol. The minimum absolute atomic E-state index is 0.109. The van der Waals surface area contributed by atoms with Crippen LogP contribution in [0.5, 0.6) is 0 Å². The Kier molecular flexibility index (Phi) is 4.52. The van der Waals surface area contributed by atoms with Crippen LogP contribution in [0.4, 0.5) is 5.69 Å². The van der Waals surface area contributed by atoms with Gasteiger partial charge in [0, 0.05) is 32.9 Å². The van der Waals surface area contributed by atoms with E-state index in [1.807, 2.05) is 32.3 Å². The van der Waals surface area contributed by atoms with Gasteiger partial charge in [-0.2, -0.15) is 4.99 Å². The first-order valence-corrected chi connectivity index (χ1v) is 8.50. The lowest BCUT2D eigenvalue weighted by atomic mass is 10.1. The Morgan fingerprint density at radius 1 is 1.14 bits per heavy atom. The van der Waals surface area contributed by atoms with Gasteiger partial charge in [0.25, 0.3) is 5.91 Å². The monoisotopic (exact) mass is 315 g/mol. The van der Waals surface area contributed by atoms with Crippen molar-refractivity contribution in [2.45, 2.75) is 19.3 Å². The van der Waals surface area contributed by atoms with Crippen LogP contribution in [0.1, 0.15) is 24.8 Å². The van der Waals surface area contributed by atoms with E-state index in [9.17, 15) is 4.79 Å². The Morgan fingerprint density at radius 2 is 1.82 bits per heavy atom. The average Bonchev–Trinajstić information content (AvgIpc) is 2.90. The molecule has 0 unspecified atom stereocenters. The lowest BCUT2D eigenvalue weighted by molar-refractivity contribution is -0.113. The molecule has 0 atom stereocenters. The van der Waals surface area contributed by atoms with Crippen LogP contribution in [0, 0.1) is 0 Å². The molecule has 3 rings (SSSR count). The smallest absolute Gasteiger partial charge is 0.286 e. The van der Waals surface area contributed by atoms with Gasteiger partial charge in [-0.05, 0) is 54.8 Å². The van der Waals surface area contributed by atoms with E-state index in [4.69, 9.17) is 0 Å². The molecule has 0 saturated carbocycles. The summed E-state index contributed by atoms with van der Waals surface area (Å²) in [5.74, 6) is -0.109. The summed E-state index contributed by atoms with van der Waals surface area (Å²) in [6.07, 6.45) is 5.60. The van der Waals surface area contributed by atoms with E-state index in [1.54, 1.807) is 0 Å². The molecule has 0 bridgehead atoms. The van der Waals surface area contributed by atoms with Gasteiger partial charge in [0.05, 0.1) is 4.91 Å². The second-order valence-corrected chi connectivity index (χ2v) is 6.85. The van der Waals surface area contributed by atoms with Crippen LogP contribution < -0.4 is 4.90 Å². The Bertz CT molecular complexity index is 613. The van der Waals surface area contributed by atoms with Gasteiger partial charge in [-0.1, -0.05) is 12.1 Å². The van der Waals surface area contributed by atoms with Crippen LogP contribution in [-0.2, 0) is 4.79 Å². The highest BCUT2D eigenvalue weighted by Gasteiger charge is 2.26. The molecule has 1 amide bonds. The number of amidine groups is 1. The first-order valence-electron chi connectivity index (χ1n) is 7.68. The predicted octanol–water partition coefficient (Wildman–Crippen LogP) is 3.21. The van der Waals surface area contributed by atoms with Crippen LogP contribution in [0.25, 0.3) is 6.08 Å². The van der Waals surface area contributed by atoms with E-state index < -0.39 is 0 Å². The molecule has 2 aliphatic heterocycles. The Balaban J connectivity index is 1.71. The van der Waals surface area contributed by atoms with Crippen molar-refractivity contribution in [2.24, 2.45) is 4.99 Å². The number of anilines is 1. The van der Waals surface area contributed by atoms with Crippen molar-refractivity contribution in [3.05, 3.63) is 34.7 Å². The molecule has 0 radical (unpaired) electrons. The second-order valence-electron chi connectivity index (χ2n) is 5.84. The number of amides is 1. The van der Waals surface area contributed by atoms with Crippen LogP contribution in [0.3, 0.4) is 0 Å². The molecule has 1 fully saturated rings. The molecule has 0 aliphatic carbocycles. The number of hydrogen-bond donors (Lipinski definition) is 0. The third-order valence-electron chi connectivity index (χ3n) is 3.94. The largest absolute Gasteiger partial charge is 0.378 e. The number of nitrogens with zero attached hydrogens (tertiary/aromatic N) is 3. The quantitative estimate of drug-likeness (QED) is 0.785. The van der Waals surface area contributed by atoms with Crippen molar-refractivity contribution in [3.8, 4) is 0 Å². The minimum Gasteiger partial charge on any atom is -0.378 e. The third-order valence-corrected chi connectivity index (χ3v) is 4.99. The first kappa shape index (κ1) is 15.2. The zero-order valence-electron chi connectivity index (χ0n) is 13.1. The first-order chi connectivity index (χ1) is 10.6. The molecule has 1 aromatic carbocycles. The lowest BCUT2D eigenvalue weighted by Crippen LogP contribution is -2.33. The zero-order chi connectivity index (χ0) is 15.5. The third kappa shape index (κ3) is 3.35. The number of piperidine rings is 1. The molecule has 1 aromatic rings. The lowest BCUT2D eigenvalue weighted by Gasteiger charge is -2.27. The Morgan fingerprint density at radius 3 is 2.45 bits per heavy atom. The maximum absolute atomic E-state index is 12.1. The van der Waals surface area contributed by atoms with Gasteiger partial charge >= 0.3 is 0 Å². The fourth-order valence-corrected chi connectivity index (χ4v) is 3.60. The maximum Gasteiger partial charge on any atom is 0.286 e. The molecule has 22 heavy (non-hydrogen) atoms. The van der Waals surface area contributed by atoms with E-state index in [-0.39, 0.29) is 5.91 Å². The summed E-state index contributed by atoms with van der Waals surface area (Å²) in [5.41, 5.74) is 2.19. The summed E-state index contributed by atoms with van der Waals surface area (Å²) < 4.78 is 0. The maximum atomic E-state index is 12.1. The van der Waals surface area contributed by atoms with Gasteiger partial charge < -0.3 is 9.80 Å². The van der Waals surface area contributed by atoms with Gasteiger partial charge in [-0.25, -0.2) is 0 Å². The van der Waals surface area contributed by atoms with Gasteiger partial charge in [-0.15, -0.1) is 0 Å². The van der Waals surface area contributed by atoms with Crippen molar-refractivity contribution in [3.63, 3.8) is 0 Å². The Hall–Kier alpha value is -1.75. The number of hydrogen-bond acceptors (Lipinski definition) is 4. The molecule has 116 valence electrons. The average molecular weight is 315 g/mol. The summed E-state index contributed by atoms with van der Waals surface area (Å²) in [6, 6.07) is 8.19. The Labute approximate surface area is 135 Å². The molecule has 0 spiro atoms. The van der Waals surface area contributed by atoms with Crippen molar-refractivity contribution < 1.29 is 4.79 Å². The fourth-order valence-electron chi connectivity index (χ4n) is 2.64. The normalized spacial score (nSPS) is 20.5. The molecule has 1 saturated heterocycles. The van der Waals surface area contributed by atoms with Crippen molar-refractivity contribution >= 4 is 34.6 Å². The molecule has 2 heterocycles. The number of carbonyl (C=O) groups excluding carboxylic acids is 1. The van der Waals surface area contributed by atoms with Crippen molar-refractivity contribution in [1.29, 1.82) is 0 Å². The summed E-state index contributed by atoms with van der Waals surface area (Å²) >= 11 is 1.51. The van der Waals surface area contributed by atoms with E-state index in [1.165, 1.54) is 31.0 Å². The van der Waals surface area contributed by atoms with Gasteiger partial charge in [0.2, 0.25) is 0 Å². The topological polar surface area (TPSA) is 35.9 Å². The molecular formula is C17H21N3OS. The molecule has 5 heteroatoms. The van der Waals surface area contributed by atoms with E-state index >= 15 is 0 Å². The number of thioether (sulfide) groups is 1. The van der Waals surface area contributed by atoms with Crippen LogP contribution in [0.2, 0.25) is 0 Å². The number of rotatable bonds is 2. The van der Waals surface area contributed by atoms with Gasteiger partial charge in [0.15, 0.2) is 5.17 Å². The highest BCUT2D eigenvalue weighted by atomic mass is 32.2. The summed E-state index contributed by atoms with van der Waals surface area (Å²) in [5, 5.41) is 0.876. The van der Waals surface area contributed by atoms with Crippen molar-refractivity contribution in [2.75, 3.05) is 32.1 Å². The highest BCUT2D eigenvalue weighted by Crippen LogP contribution is 2.31. The molecule has 0 N–H and O–H groups in total. The number of likely N-dealkylation sites (tertiary alicyclic amines) is 1. The zero-order valence-corrected chi connectivity index (χ0v) is 13.9.